The van der Waals surface area contributed by atoms with Gasteiger partial charge in [-0.15, -0.1) is 0 Å². The highest BCUT2D eigenvalue weighted by Gasteiger charge is 2.27. The SMILES string of the molecule is COc1ncc(Cl)c(N2CCOCC2CNC(=O)CCc2cc(C)on2)n1. The van der Waals surface area contributed by atoms with E-state index in [1.807, 2.05) is 17.9 Å². The van der Waals surface area contributed by atoms with Crippen molar-refractivity contribution in [1.82, 2.24) is 20.4 Å². The van der Waals surface area contributed by atoms with Crippen LogP contribution in [0.1, 0.15) is 17.9 Å². The van der Waals surface area contributed by atoms with Crippen LogP contribution in [0.3, 0.4) is 0 Å². The van der Waals surface area contributed by atoms with E-state index in [2.05, 4.69) is 20.4 Å². The molecule has 1 atom stereocenters. The van der Waals surface area contributed by atoms with Gasteiger partial charge in [-0.2, -0.15) is 4.98 Å². The summed E-state index contributed by atoms with van der Waals surface area (Å²) in [5.74, 6) is 1.24. The van der Waals surface area contributed by atoms with Crippen molar-refractivity contribution in [1.29, 1.82) is 0 Å². The molecule has 0 bridgehead atoms. The Hall–Kier alpha value is -2.39. The summed E-state index contributed by atoms with van der Waals surface area (Å²) in [7, 11) is 1.50. The van der Waals surface area contributed by atoms with Gasteiger partial charge in [0, 0.05) is 32.0 Å². The first-order valence-electron chi connectivity index (χ1n) is 8.66. The van der Waals surface area contributed by atoms with Crippen LogP contribution < -0.4 is 15.0 Å². The molecule has 0 aliphatic carbocycles. The minimum atomic E-state index is -0.0888. The van der Waals surface area contributed by atoms with Crippen LogP contribution >= 0.6 is 11.6 Å². The van der Waals surface area contributed by atoms with Crippen LogP contribution in [0.2, 0.25) is 5.02 Å². The summed E-state index contributed by atoms with van der Waals surface area (Å²) in [6.45, 7) is 3.86. The fourth-order valence-corrected chi connectivity index (χ4v) is 3.04. The second-order valence-corrected chi connectivity index (χ2v) is 6.59. The first-order chi connectivity index (χ1) is 13.1. The van der Waals surface area contributed by atoms with E-state index in [9.17, 15) is 4.79 Å². The molecule has 0 spiro atoms. The zero-order valence-corrected chi connectivity index (χ0v) is 16.0. The van der Waals surface area contributed by atoms with Crippen molar-refractivity contribution in [3.8, 4) is 6.01 Å². The Balaban J connectivity index is 1.58. The molecule has 1 aliphatic heterocycles. The molecule has 3 rings (SSSR count). The maximum absolute atomic E-state index is 12.2. The van der Waals surface area contributed by atoms with Gasteiger partial charge in [0.05, 0.1) is 38.3 Å². The van der Waals surface area contributed by atoms with Crippen LogP contribution in [-0.2, 0) is 16.0 Å². The summed E-state index contributed by atoms with van der Waals surface area (Å²) in [4.78, 5) is 22.5. The molecule has 1 unspecified atom stereocenters. The first-order valence-corrected chi connectivity index (χ1v) is 9.04. The third-order valence-electron chi connectivity index (χ3n) is 4.21. The minimum absolute atomic E-state index is 0.0625. The van der Waals surface area contributed by atoms with Gasteiger partial charge in [0.2, 0.25) is 5.91 Å². The van der Waals surface area contributed by atoms with Crippen LogP contribution in [0.4, 0.5) is 5.82 Å². The lowest BCUT2D eigenvalue weighted by molar-refractivity contribution is -0.121. The third-order valence-corrected chi connectivity index (χ3v) is 4.47. The van der Waals surface area contributed by atoms with E-state index in [-0.39, 0.29) is 18.0 Å². The number of nitrogens with one attached hydrogen (secondary N) is 1. The number of morpholine rings is 1. The quantitative estimate of drug-likeness (QED) is 0.750. The van der Waals surface area contributed by atoms with Gasteiger partial charge < -0.3 is 24.2 Å². The lowest BCUT2D eigenvalue weighted by Crippen LogP contribution is -2.51. The van der Waals surface area contributed by atoms with E-state index >= 15 is 0 Å². The molecule has 27 heavy (non-hydrogen) atoms. The van der Waals surface area contributed by atoms with Crippen molar-refractivity contribution in [3.63, 3.8) is 0 Å². The van der Waals surface area contributed by atoms with Crippen molar-refractivity contribution in [2.24, 2.45) is 0 Å². The Morgan fingerprint density at radius 1 is 1.52 bits per heavy atom. The van der Waals surface area contributed by atoms with Crippen molar-refractivity contribution >= 4 is 23.3 Å². The Bertz CT molecular complexity index is 784. The first kappa shape index (κ1) is 19.4. The van der Waals surface area contributed by atoms with E-state index in [0.717, 1.165) is 11.5 Å². The average molecular weight is 396 g/mol. The molecule has 3 heterocycles. The fraction of sp³-hybridized carbons (Fsp3) is 0.529. The lowest BCUT2D eigenvalue weighted by Gasteiger charge is -2.36. The maximum atomic E-state index is 12.2. The molecule has 0 aromatic carbocycles. The topological polar surface area (TPSA) is 103 Å². The molecule has 2 aromatic heterocycles. The maximum Gasteiger partial charge on any atom is 0.318 e. The zero-order valence-electron chi connectivity index (χ0n) is 15.3. The average Bonchev–Trinajstić information content (AvgIpc) is 3.11. The summed E-state index contributed by atoms with van der Waals surface area (Å²) in [6, 6.07) is 1.98. The van der Waals surface area contributed by atoms with Crippen LogP contribution in [-0.4, -0.2) is 60.5 Å². The van der Waals surface area contributed by atoms with Gasteiger partial charge in [-0.25, -0.2) is 4.98 Å². The molecule has 1 fully saturated rings. The van der Waals surface area contributed by atoms with Gasteiger partial charge in [0.15, 0.2) is 5.82 Å². The minimum Gasteiger partial charge on any atom is -0.467 e. The number of amides is 1. The highest BCUT2D eigenvalue weighted by atomic mass is 35.5. The highest BCUT2D eigenvalue weighted by Crippen LogP contribution is 2.27. The highest BCUT2D eigenvalue weighted by molar-refractivity contribution is 6.32. The van der Waals surface area contributed by atoms with Gasteiger partial charge in [-0.3, -0.25) is 4.79 Å². The Kier molecular flexibility index (Phi) is 6.46. The zero-order chi connectivity index (χ0) is 19.2. The number of aromatic nitrogens is 3. The van der Waals surface area contributed by atoms with Crippen molar-refractivity contribution in [2.75, 3.05) is 38.3 Å². The summed E-state index contributed by atoms with van der Waals surface area (Å²) in [5.41, 5.74) is 0.769. The van der Waals surface area contributed by atoms with Crippen LogP contribution in [0.15, 0.2) is 16.8 Å². The Morgan fingerprint density at radius 3 is 3.11 bits per heavy atom. The van der Waals surface area contributed by atoms with E-state index in [1.54, 1.807) is 0 Å². The molecule has 0 saturated carbocycles. The van der Waals surface area contributed by atoms with Gasteiger partial charge in [-0.05, 0) is 6.92 Å². The number of carbonyl (C=O) groups excluding carboxylic acids is 1. The number of hydrogen-bond donors (Lipinski definition) is 1. The normalized spacial score (nSPS) is 17.0. The summed E-state index contributed by atoms with van der Waals surface area (Å²) in [6.07, 6.45) is 2.37. The number of nitrogens with zero attached hydrogens (tertiary/aromatic N) is 4. The number of carbonyl (C=O) groups is 1. The molecule has 9 nitrogen and oxygen atoms in total. The molecule has 2 aromatic rings. The number of anilines is 1. The standard InChI is InChI=1S/C17H22ClN5O4/c1-11-7-12(22-27-11)3-4-15(24)19-8-13-10-26-6-5-23(13)16-14(18)9-20-17(21-16)25-2/h7,9,13H,3-6,8,10H2,1-2H3,(H,19,24). The van der Waals surface area contributed by atoms with E-state index in [4.69, 9.17) is 25.6 Å². The number of aryl methyl sites for hydroxylation is 2. The van der Waals surface area contributed by atoms with Crippen LogP contribution in [0.5, 0.6) is 6.01 Å². The van der Waals surface area contributed by atoms with E-state index in [1.165, 1.54) is 13.3 Å². The number of ether oxygens (including phenoxy) is 2. The second-order valence-electron chi connectivity index (χ2n) is 6.18. The molecule has 1 amide bonds. The predicted octanol–water partition coefficient (Wildman–Crippen LogP) is 1.39. The van der Waals surface area contributed by atoms with Crippen LogP contribution in [0.25, 0.3) is 0 Å². The Labute approximate surface area is 162 Å². The second kappa shape index (κ2) is 9.01. The molecule has 10 heteroatoms. The molecule has 0 radical (unpaired) electrons. The molecular weight excluding hydrogens is 374 g/mol. The number of hydrogen-bond acceptors (Lipinski definition) is 8. The van der Waals surface area contributed by atoms with E-state index < -0.39 is 0 Å². The third kappa shape index (κ3) is 5.08. The molecule has 146 valence electrons. The monoisotopic (exact) mass is 395 g/mol. The number of halogens is 1. The molecular formula is C17H22ClN5O4. The van der Waals surface area contributed by atoms with E-state index in [0.29, 0.717) is 50.0 Å². The van der Waals surface area contributed by atoms with Crippen molar-refractivity contribution < 1.29 is 18.8 Å². The van der Waals surface area contributed by atoms with Gasteiger partial charge in [0.25, 0.3) is 0 Å². The van der Waals surface area contributed by atoms with Gasteiger partial charge in [0.1, 0.15) is 10.8 Å². The predicted molar refractivity (Wildman–Crippen MR) is 98.1 cm³/mol. The Morgan fingerprint density at radius 2 is 2.37 bits per heavy atom. The van der Waals surface area contributed by atoms with Gasteiger partial charge in [-0.1, -0.05) is 16.8 Å². The summed E-state index contributed by atoms with van der Waals surface area (Å²) >= 11 is 6.27. The molecule has 1 aliphatic rings. The van der Waals surface area contributed by atoms with Crippen molar-refractivity contribution in [3.05, 3.63) is 28.7 Å². The van der Waals surface area contributed by atoms with Gasteiger partial charge >= 0.3 is 6.01 Å². The largest absolute Gasteiger partial charge is 0.467 e. The summed E-state index contributed by atoms with van der Waals surface area (Å²) < 4.78 is 15.7. The smallest absolute Gasteiger partial charge is 0.318 e. The number of rotatable bonds is 7. The summed E-state index contributed by atoms with van der Waals surface area (Å²) in [5, 5.41) is 7.26. The van der Waals surface area contributed by atoms with Crippen LogP contribution in [0, 0.1) is 6.92 Å². The van der Waals surface area contributed by atoms with Crippen molar-refractivity contribution in [2.45, 2.75) is 25.8 Å². The molecule has 1 saturated heterocycles. The number of methoxy groups -OCH3 is 1. The lowest BCUT2D eigenvalue weighted by atomic mass is 10.2. The fourth-order valence-electron chi connectivity index (χ4n) is 2.84. The molecule has 1 N–H and O–H groups in total.